The van der Waals surface area contributed by atoms with Crippen LogP contribution in [0, 0.1) is 0 Å². The van der Waals surface area contributed by atoms with E-state index in [1.807, 2.05) is 18.2 Å². The van der Waals surface area contributed by atoms with Crippen molar-refractivity contribution in [3.63, 3.8) is 0 Å². The van der Waals surface area contributed by atoms with Crippen LogP contribution in [-0.2, 0) is 6.42 Å². The molecule has 1 aromatic rings. The second-order valence-corrected chi connectivity index (χ2v) is 2.83. The standard InChI is InChI=1S/C10H11NO/c1-11-10-7-6-8-4-2-3-5-9(8)12-10/h2-5H,6-7H2,1H3. The number of benzene rings is 1. The van der Waals surface area contributed by atoms with Crippen molar-refractivity contribution in [3.05, 3.63) is 29.8 Å². The SMILES string of the molecule is CN=C1CCc2ccccc2O1. The first kappa shape index (κ1) is 7.35. The van der Waals surface area contributed by atoms with Gasteiger partial charge in [-0.05, 0) is 18.1 Å². The van der Waals surface area contributed by atoms with Crippen molar-refractivity contribution < 1.29 is 4.74 Å². The van der Waals surface area contributed by atoms with Crippen LogP contribution in [-0.4, -0.2) is 12.9 Å². The van der Waals surface area contributed by atoms with E-state index in [2.05, 4.69) is 11.1 Å². The molecule has 2 rings (SSSR count). The molecule has 62 valence electrons. The summed E-state index contributed by atoms with van der Waals surface area (Å²) >= 11 is 0. The van der Waals surface area contributed by atoms with E-state index in [1.54, 1.807) is 7.05 Å². The Balaban J connectivity index is 2.35. The topological polar surface area (TPSA) is 21.6 Å². The minimum Gasteiger partial charge on any atom is -0.443 e. The Morgan fingerprint density at radius 2 is 2.08 bits per heavy atom. The van der Waals surface area contributed by atoms with Crippen molar-refractivity contribution >= 4 is 5.90 Å². The van der Waals surface area contributed by atoms with Crippen LogP contribution < -0.4 is 4.74 Å². The summed E-state index contributed by atoms with van der Waals surface area (Å²) in [6, 6.07) is 8.11. The van der Waals surface area contributed by atoms with Crippen LogP contribution >= 0.6 is 0 Å². The molecule has 0 atom stereocenters. The van der Waals surface area contributed by atoms with Crippen molar-refractivity contribution in [2.45, 2.75) is 12.8 Å². The van der Waals surface area contributed by atoms with Gasteiger partial charge < -0.3 is 4.74 Å². The molecule has 1 heterocycles. The number of nitrogens with zero attached hydrogens (tertiary/aromatic N) is 1. The highest BCUT2D eigenvalue weighted by molar-refractivity contribution is 5.80. The molecule has 0 saturated carbocycles. The third-order valence-corrected chi connectivity index (χ3v) is 2.06. The molecule has 2 heteroatoms. The Labute approximate surface area is 71.9 Å². The van der Waals surface area contributed by atoms with Crippen LogP contribution in [0.1, 0.15) is 12.0 Å². The molecule has 0 bridgehead atoms. The van der Waals surface area contributed by atoms with E-state index in [0.717, 1.165) is 24.5 Å². The molecule has 0 N–H and O–H groups in total. The van der Waals surface area contributed by atoms with Crippen LogP contribution in [0.15, 0.2) is 29.3 Å². The van der Waals surface area contributed by atoms with Gasteiger partial charge in [0.1, 0.15) is 5.75 Å². The lowest BCUT2D eigenvalue weighted by atomic mass is 10.1. The summed E-state index contributed by atoms with van der Waals surface area (Å²) in [5.41, 5.74) is 1.28. The highest BCUT2D eigenvalue weighted by Gasteiger charge is 2.13. The lowest BCUT2D eigenvalue weighted by Crippen LogP contribution is -2.15. The van der Waals surface area contributed by atoms with Gasteiger partial charge in [-0.2, -0.15) is 0 Å². The number of aliphatic imine (C=N–C) groups is 1. The van der Waals surface area contributed by atoms with Gasteiger partial charge in [0.2, 0.25) is 0 Å². The molecule has 0 aromatic heterocycles. The number of hydrogen-bond donors (Lipinski definition) is 0. The second kappa shape index (κ2) is 2.97. The minimum atomic E-state index is 0.841. The van der Waals surface area contributed by atoms with Gasteiger partial charge in [0.05, 0.1) is 0 Å². The highest BCUT2D eigenvalue weighted by Crippen LogP contribution is 2.24. The fourth-order valence-corrected chi connectivity index (χ4v) is 1.39. The third kappa shape index (κ3) is 1.20. The van der Waals surface area contributed by atoms with Gasteiger partial charge in [-0.1, -0.05) is 18.2 Å². The Hall–Kier alpha value is -1.31. The van der Waals surface area contributed by atoms with E-state index in [-0.39, 0.29) is 0 Å². The van der Waals surface area contributed by atoms with E-state index >= 15 is 0 Å². The van der Waals surface area contributed by atoms with Crippen molar-refractivity contribution in [3.8, 4) is 5.75 Å². The van der Waals surface area contributed by atoms with Gasteiger partial charge in [0.15, 0.2) is 5.90 Å². The molecule has 1 aliphatic rings. The summed E-state index contributed by atoms with van der Waals surface area (Å²) in [5.74, 6) is 1.80. The number of ether oxygens (including phenoxy) is 1. The zero-order valence-corrected chi connectivity index (χ0v) is 7.08. The minimum absolute atomic E-state index is 0.841. The van der Waals surface area contributed by atoms with Gasteiger partial charge in [-0.15, -0.1) is 0 Å². The van der Waals surface area contributed by atoms with Crippen LogP contribution in [0.4, 0.5) is 0 Å². The molecule has 2 nitrogen and oxygen atoms in total. The molecule has 0 saturated heterocycles. The van der Waals surface area contributed by atoms with E-state index in [0.29, 0.717) is 0 Å². The number of hydrogen-bond acceptors (Lipinski definition) is 2. The van der Waals surface area contributed by atoms with Crippen molar-refractivity contribution in [2.75, 3.05) is 7.05 Å². The molecule has 1 aromatic carbocycles. The van der Waals surface area contributed by atoms with Crippen molar-refractivity contribution in [1.29, 1.82) is 0 Å². The van der Waals surface area contributed by atoms with Crippen LogP contribution in [0.3, 0.4) is 0 Å². The zero-order chi connectivity index (χ0) is 8.39. The first-order valence-corrected chi connectivity index (χ1v) is 4.11. The maximum atomic E-state index is 5.53. The Kier molecular flexibility index (Phi) is 1.82. The van der Waals surface area contributed by atoms with Gasteiger partial charge in [-0.25, -0.2) is 0 Å². The Morgan fingerprint density at radius 3 is 2.92 bits per heavy atom. The normalized spacial score (nSPS) is 18.6. The largest absolute Gasteiger partial charge is 0.443 e. The zero-order valence-electron chi connectivity index (χ0n) is 7.08. The fraction of sp³-hybridized carbons (Fsp3) is 0.300. The molecule has 0 radical (unpaired) electrons. The first-order valence-electron chi connectivity index (χ1n) is 4.11. The van der Waals surface area contributed by atoms with Crippen LogP contribution in [0.5, 0.6) is 5.75 Å². The van der Waals surface area contributed by atoms with Gasteiger partial charge in [-0.3, -0.25) is 4.99 Å². The average molecular weight is 161 g/mol. The maximum absolute atomic E-state index is 5.53. The number of aryl methyl sites for hydroxylation is 1. The molecular weight excluding hydrogens is 150 g/mol. The van der Waals surface area contributed by atoms with Gasteiger partial charge >= 0.3 is 0 Å². The Morgan fingerprint density at radius 1 is 1.25 bits per heavy atom. The highest BCUT2D eigenvalue weighted by atomic mass is 16.5. The predicted molar refractivity (Wildman–Crippen MR) is 48.8 cm³/mol. The lowest BCUT2D eigenvalue weighted by molar-refractivity contribution is 0.502. The lowest BCUT2D eigenvalue weighted by Gasteiger charge is -2.17. The summed E-state index contributed by atoms with van der Waals surface area (Å²) < 4.78 is 5.53. The summed E-state index contributed by atoms with van der Waals surface area (Å²) in [7, 11) is 1.77. The predicted octanol–water partition coefficient (Wildman–Crippen LogP) is 2.04. The quantitative estimate of drug-likeness (QED) is 0.570. The number of rotatable bonds is 0. The molecule has 0 fully saturated rings. The monoisotopic (exact) mass is 161 g/mol. The molecule has 1 aliphatic heterocycles. The molecule has 0 spiro atoms. The molecule has 0 amide bonds. The van der Waals surface area contributed by atoms with E-state index in [1.165, 1.54) is 5.56 Å². The summed E-state index contributed by atoms with van der Waals surface area (Å²) in [6.07, 6.45) is 1.97. The third-order valence-electron chi connectivity index (χ3n) is 2.06. The average Bonchev–Trinajstić information content (AvgIpc) is 2.17. The van der Waals surface area contributed by atoms with E-state index in [9.17, 15) is 0 Å². The van der Waals surface area contributed by atoms with Gasteiger partial charge in [0, 0.05) is 13.5 Å². The summed E-state index contributed by atoms with van der Waals surface area (Å²) in [4.78, 5) is 4.04. The van der Waals surface area contributed by atoms with E-state index in [4.69, 9.17) is 4.74 Å². The van der Waals surface area contributed by atoms with Crippen molar-refractivity contribution in [1.82, 2.24) is 0 Å². The van der Waals surface area contributed by atoms with E-state index < -0.39 is 0 Å². The number of fused-ring (bicyclic) bond motifs is 1. The van der Waals surface area contributed by atoms with Crippen LogP contribution in [0.2, 0.25) is 0 Å². The Bertz CT molecular complexity index is 317. The fourth-order valence-electron chi connectivity index (χ4n) is 1.39. The summed E-state index contributed by atoms with van der Waals surface area (Å²) in [5, 5.41) is 0. The second-order valence-electron chi connectivity index (χ2n) is 2.83. The maximum Gasteiger partial charge on any atom is 0.190 e. The molecule has 12 heavy (non-hydrogen) atoms. The van der Waals surface area contributed by atoms with Gasteiger partial charge in [0.25, 0.3) is 0 Å². The first-order chi connectivity index (χ1) is 5.90. The van der Waals surface area contributed by atoms with Crippen LogP contribution in [0.25, 0.3) is 0 Å². The summed E-state index contributed by atoms with van der Waals surface area (Å²) in [6.45, 7) is 0. The molecular formula is C10H11NO. The molecule has 0 unspecified atom stereocenters. The van der Waals surface area contributed by atoms with Crippen molar-refractivity contribution in [2.24, 2.45) is 4.99 Å². The molecule has 0 aliphatic carbocycles. The smallest absolute Gasteiger partial charge is 0.190 e. The number of para-hydroxylation sites is 1.